The largest absolute Gasteiger partial charge is 0.152 e. The second kappa shape index (κ2) is 5.03. The molecule has 0 bridgehead atoms. The highest BCUT2D eigenvalue weighted by Gasteiger charge is 2.09. The van der Waals surface area contributed by atoms with Gasteiger partial charge in [0, 0.05) is 0 Å². The van der Waals surface area contributed by atoms with Crippen molar-refractivity contribution in [2.45, 2.75) is 25.6 Å². The zero-order valence-corrected chi connectivity index (χ0v) is 11.1. The van der Waals surface area contributed by atoms with Gasteiger partial charge < -0.3 is 0 Å². The van der Waals surface area contributed by atoms with Crippen molar-refractivity contribution in [2.24, 2.45) is 0 Å². The minimum Gasteiger partial charge on any atom is -0.152 e. The van der Waals surface area contributed by atoms with Crippen LogP contribution < -0.4 is 0 Å². The molecule has 0 spiro atoms. The number of thiophene rings is 1. The SMILES string of the molecule is Cc1ccc(CC(Cl)c2ccsc2)cc1C. The van der Waals surface area contributed by atoms with E-state index in [1.54, 1.807) is 11.3 Å². The fourth-order valence-corrected chi connectivity index (χ4v) is 2.81. The lowest BCUT2D eigenvalue weighted by Crippen LogP contribution is -1.95. The van der Waals surface area contributed by atoms with Gasteiger partial charge in [-0.15, -0.1) is 11.6 Å². The van der Waals surface area contributed by atoms with Gasteiger partial charge in [0.05, 0.1) is 5.38 Å². The van der Waals surface area contributed by atoms with Gasteiger partial charge in [-0.1, -0.05) is 18.2 Å². The molecule has 1 aromatic heterocycles. The molecule has 0 aliphatic heterocycles. The summed E-state index contributed by atoms with van der Waals surface area (Å²) in [5.74, 6) is 0. The molecule has 16 heavy (non-hydrogen) atoms. The van der Waals surface area contributed by atoms with Crippen LogP contribution in [0, 0.1) is 13.8 Å². The lowest BCUT2D eigenvalue weighted by atomic mass is 10.0. The van der Waals surface area contributed by atoms with Crippen LogP contribution in [0.5, 0.6) is 0 Å². The minimum absolute atomic E-state index is 0.0911. The Balaban J connectivity index is 2.12. The van der Waals surface area contributed by atoms with Gasteiger partial charge >= 0.3 is 0 Å². The lowest BCUT2D eigenvalue weighted by molar-refractivity contribution is 0.922. The molecule has 0 N–H and O–H groups in total. The summed E-state index contributed by atoms with van der Waals surface area (Å²) in [6.45, 7) is 4.28. The second-order valence-corrected chi connectivity index (χ2v) is 5.45. The van der Waals surface area contributed by atoms with Crippen LogP contribution in [0.3, 0.4) is 0 Å². The van der Waals surface area contributed by atoms with E-state index in [1.807, 2.05) is 0 Å². The maximum atomic E-state index is 6.38. The summed E-state index contributed by atoms with van der Waals surface area (Å²) < 4.78 is 0. The van der Waals surface area contributed by atoms with Crippen LogP contribution in [0.2, 0.25) is 0 Å². The van der Waals surface area contributed by atoms with E-state index in [0.29, 0.717) is 0 Å². The van der Waals surface area contributed by atoms with Crippen LogP contribution in [0.25, 0.3) is 0 Å². The number of benzene rings is 1. The molecular formula is C14H15ClS. The van der Waals surface area contributed by atoms with Crippen molar-refractivity contribution in [3.8, 4) is 0 Å². The predicted molar refractivity (Wildman–Crippen MR) is 72.5 cm³/mol. The fraction of sp³-hybridized carbons (Fsp3) is 0.286. The standard InChI is InChI=1S/C14H15ClS/c1-10-3-4-12(7-11(10)2)8-14(15)13-5-6-16-9-13/h3-7,9,14H,8H2,1-2H3. The van der Waals surface area contributed by atoms with Gasteiger partial charge in [0.2, 0.25) is 0 Å². The molecule has 84 valence electrons. The zero-order valence-electron chi connectivity index (χ0n) is 9.53. The van der Waals surface area contributed by atoms with Crippen LogP contribution in [-0.2, 0) is 6.42 Å². The smallest absolute Gasteiger partial charge is 0.0633 e. The predicted octanol–water partition coefficient (Wildman–Crippen LogP) is 4.89. The molecule has 2 aromatic rings. The topological polar surface area (TPSA) is 0 Å². The van der Waals surface area contributed by atoms with Gasteiger partial charge in [0.15, 0.2) is 0 Å². The number of rotatable bonds is 3. The second-order valence-electron chi connectivity index (χ2n) is 4.15. The number of aryl methyl sites for hydroxylation is 2. The Kier molecular flexibility index (Phi) is 3.67. The Morgan fingerprint density at radius 2 is 2.00 bits per heavy atom. The maximum Gasteiger partial charge on any atom is 0.0633 e. The van der Waals surface area contributed by atoms with Crippen LogP contribution in [-0.4, -0.2) is 0 Å². The van der Waals surface area contributed by atoms with Gasteiger partial charge in [-0.3, -0.25) is 0 Å². The molecule has 0 aliphatic carbocycles. The van der Waals surface area contributed by atoms with E-state index in [9.17, 15) is 0 Å². The highest BCUT2D eigenvalue weighted by molar-refractivity contribution is 7.08. The van der Waals surface area contributed by atoms with Gasteiger partial charge in [0.1, 0.15) is 0 Å². The number of hydrogen-bond acceptors (Lipinski definition) is 1. The molecule has 0 aliphatic rings. The molecule has 0 saturated heterocycles. The molecule has 1 unspecified atom stereocenters. The van der Waals surface area contributed by atoms with Crippen molar-refractivity contribution in [2.75, 3.05) is 0 Å². The molecule has 0 amide bonds. The van der Waals surface area contributed by atoms with E-state index in [1.165, 1.54) is 22.3 Å². The maximum absolute atomic E-state index is 6.38. The lowest BCUT2D eigenvalue weighted by Gasteiger charge is -2.09. The van der Waals surface area contributed by atoms with E-state index in [4.69, 9.17) is 11.6 Å². The first-order valence-corrected chi connectivity index (χ1v) is 6.77. The fourth-order valence-electron chi connectivity index (χ4n) is 1.71. The minimum atomic E-state index is 0.0911. The van der Waals surface area contributed by atoms with E-state index in [-0.39, 0.29) is 5.38 Å². The van der Waals surface area contributed by atoms with E-state index in [2.05, 4.69) is 48.9 Å². The van der Waals surface area contributed by atoms with Crippen LogP contribution >= 0.6 is 22.9 Å². The first-order valence-electron chi connectivity index (χ1n) is 5.39. The van der Waals surface area contributed by atoms with Gasteiger partial charge in [0.25, 0.3) is 0 Å². The third kappa shape index (κ3) is 2.66. The van der Waals surface area contributed by atoms with E-state index in [0.717, 1.165) is 6.42 Å². The van der Waals surface area contributed by atoms with Crippen molar-refractivity contribution in [3.05, 3.63) is 57.3 Å². The Morgan fingerprint density at radius 1 is 1.19 bits per heavy atom. The van der Waals surface area contributed by atoms with Crippen molar-refractivity contribution in [1.29, 1.82) is 0 Å². The average Bonchev–Trinajstić information content (AvgIpc) is 2.77. The van der Waals surface area contributed by atoms with Crippen LogP contribution in [0.4, 0.5) is 0 Å². The van der Waals surface area contributed by atoms with Gasteiger partial charge in [-0.2, -0.15) is 11.3 Å². The number of hydrogen-bond donors (Lipinski definition) is 0. The van der Waals surface area contributed by atoms with Crippen LogP contribution in [0.1, 0.15) is 27.6 Å². The zero-order chi connectivity index (χ0) is 11.5. The molecule has 0 fully saturated rings. The van der Waals surface area contributed by atoms with Crippen molar-refractivity contribution < 1.29 is 0 Å². The summed E-state index contributed by atoms with van der Waals surface area (Å²) in [6.07, 6.45) is 0.902. The Bertz CT molecular complexity index is 460. The molecule has 1 atom stereocenters. The molecule has 0 radical (unpaired) electrons. The molecule has 1 aromatic carbocycles. The summed E-state index contributed by atoms with van der Waals surface area (Å²) in [5, 5.41) is 4.29. The highest BCUT2D eigenvalue weighted by atomic mass is 35.5. The summed E-state index contributed by atoms with van der Waals surface area (Å²) in [7, 11) is 0. The molecule has 1 heterocycles. The first kappa shape index (κ1) is 11.7. The molecule has 0 saturated carbocycles. The summed E-state index contributed by atoms with van der Waals surface area (Å²) in [5.41, 5.74) is 5.22. The Hall–Kier alpha value is -0.790. The van der Waals surface area contributed by atoms with E-state index < -0.39 is 0 Å². The summed E-state index contributed by atoms with van der Waals surface area (Å²) in [6, 6.07) is 8.67. The number of alkyl halides is 1. The van der Waals surface area contributed by atoms with Crippen molar-refractivity contribution >= 4 is 22.9 Å². The average molecular weight is 251 g/mol. The summed E-state index contributed by atoms with van der Waals surface area (Å²) >= 11 is 8.08. The van der Waals surface area contributed by atoms with Crippen LogP contribution in [0.15, 0.2) is 35.0 Å². The molecule has 0 nitrogen and oxygen atoms in total. The molecular weight excluding hydrogens is 236 g/mol. The monoisotopic (exact) mass is 250 g/mol. The Morgan fingerprint density at radius 3 is 2.62 bits per heavy atom. The molecule has 2 heteroatoms. The quantitative estimate of drug-likeness (QED) is 0.681. The van der Waals surface area contributed by atoms with Crippen molar-refractivity contribution in [1.82, 2.24) is 0 Å². The van der Waals surface area contributed by atoms with E-state index >= 15 is 0 Å². The van der Waals surface area contributed by atoms with Gasteiger partial charge in [-0.25, -0.2) is 0 Å². The first-order chi connectivity index (χ1) is 7.66. The summed E-state index contributed by atoms with van der Waals surface area (Å²) in [4.78, 5) is 0. The normalized spacial score (nSPS) is 12.7. The molecule has 2 rings (SSSR count). The third-order valence-corrected chi connectivity index (χ3v) is 4.00. The van der Waals surface area contributed by atoms with Gasteiger partial charge in [-0.05, 0) is 59.3 Å². The van der Waals surface area contributed by atoms with Crippen molar-refractivity contribution in [3.63, 3.8) is 0 Å². The number of halogens is 1. The third-order valence-electron chi connectivity index (χ3n) is 2.89. The Labute approximate surface area is 106 Å². The highest BCUT2D eigenvalue weighted by Crippen LogP contribution is 2.27.